The second kappa shape index (κ2) is 5.95. The molecule has 0 atom stereocenters. The van der Waals surface area contributed by atoms with Gasteiger partial charge in [0, 0.05) is 19.8 Å². The Bertz CT molecular complexity index is 523. The van der Waals surface area contributed by atoms with Crippen molar-refractivity contribution in [3.05, 3.63) is 36.3 Å². The quantitative estimate of drug-likeness (QED) is 0.632. The number of hydrogen-bond donors (Lipinski definition) is 1. The van der Waals surface area contributed by atoms with Crippen molar-refractivity contribution in [3.8, 4) is 0 Å². The molecule has 0 saturated heterocycles. The third-order valence-electron chi connectivity index (χ3n) is 2.49. The first-order chi connectivity index (χ1) is 8.56. The van der Waals surface area contributed by atoms with Gasteiger partial charge in [-0.3, -0.25) is 9.79 Å². The smallest absolute Gasteiger partial charge is 0.228 e. The van der Waals surface area contributed by atoms with E-state index in [1.807, 2.05) is 6.92 Å². The molecule has 0 aliphatic rings. The minimum Gasteiger partial charge on any atom is -0.385 e. The van der Waals surface area contributed by atoms with E-state index in [9.17, 15) is 4.79 Å². The molecule has 0 spiro atoms. The van der Waals surface area contributed by atoms with Gasteiger partial charge in [0.15, 0.2) is 0 Å². The molecule has 0 amide bonds. The van der Waals surface area contributed by atoms with Crippen molar-refractivity contribution in [3.63, 3.8) is 0 Å². The molecular formula is C13H18N4O. The first-order valence-corrected chi connectivity index (χ1v) is 5.62. The Kier molecular flexibility index (Phi) is 4.59. The highest BCUT2D eigenvalue weighted by Gasteiger charge is 2.20. The van der Waals surface area contributed by atoms with Gasteiger partial charge in [0.2, 0.25) is 5.78 Å². The summed E-state index contributed by atoms with van der Waals surface area (Å²) in [4.78, 5) is 16.4. The van der Waals surface area contributed by atoms with Crippen LogP contribution in [-0.4, -0.2) is 35.4 Å². The zero-order valence-electron chi connectivity index (χ0n) is 11.2. The molecule has 0 radical (unpaired) electrons. The van der Waals surface area contributed by atoms with Crippen LogP contribution in [0.5, 0.6) is 0 Å². The van der Waals surface area contributed by atoms with Gasteiger partial charge in [-0.15, -0.1) is 0 Å². The Morgan fingerprint density at radius 1 is 1.61 bits per heavy atom. The summed E-state index contributed by atoms with van der Waals surface area (Å²) in [6.45, 7) is 7.44. The van der Waals surface area contributed by atoms with Crippen molar-refractivity contribution in [2.24, 2.45) is 4.99 Å². The monoisotopic (exact) mass is 246 g/mol. The minimum atomic E-state index is -0.162. The van der Waals surface area contributed by atoms with Gasteiger partial charge in [-0.05, 0) is 19.9 Å². The van der Waals surface area contributed by atoms with E-state index in [2.05, 4.69) is 22.0 Å². The molecule has 0 aliphatic heterocycles. The Balaban J connectivity index is 3.24. The minimum absolute atomic E-state index is 0.162. The number of nitrogens with zero attached hydrogens (tertiary/aromatic N) is 3. The largest absolute Gasteiger partial charge is 0.385 e. The van der Waals surface area contributed by atoms with Crippen LogP contribution in [0.1, 0.15) is 19.5 Å². The van der Waals surface area contributed by atoms with Crippen LogP contribution in [0.15, 0.2) is 35.6 Å². The van der Waals surface area contributed by atoms with Crippen molar-refractivity contribution in [2.45, 2.75) is 13.8 Å². The molecule has 96 valence electrons. The second-order valence-corrected chi connectivity index (χ2v) is 3.72. The van der Waals surface area contributed by atoms with Gasteiger partial charge in [-0.1, -0.05) is 12.7 Å². The number of aliphatic imine (C=N–C) groups is 1. The number of carbonyl (C=O) groups is 1. The van der Waals surface area contributed by atoms with Crippen LogP contribution < -0.4 is 5.32 Å². The summed E-state index contributed by atoms with van der Waals surface area (Å²) in [6.07, 6.45) is 3.34. The molecule has 0 bridgehead atoms. The number of rotatable bonds is 5. The summed E-state index contributed by atoms with van der Waals surface area (Å²) in [6, 6.07) is 1.75. The van der Waals surface area contributed by atoms with E-state index in [0.29, 0.717) is 17.1 Å². The summed E-state index contributed by atoms with van der Waals surface area (Å²) in [5, 5.41) is 6.98. The SMILES string of the molecule is C=C(C)n1nccc1C(=NC)C(=O)/C(=C\C)NC. The molecule has 0 fully saturated rings. The fourth-order valence-electron chi connectivity index (χ4n) is 1.64. The zero-order valence-corrected chi connectivity index (χ0v) is 11.2. The van der Waals surface area contributed by atoms with E-state index in [-0.39, 0.29) is 5.78 Å². The number of allylic oxidation sites excluding steroid dienone is 3. The Labute approximate surface area is 107 Å². The third kappa shape index (κ3) is 2.56. The second-order valence-electron chi connectivity index (χ2n) is 3.72. The Hall–Kier alpha value is -2.17. The summed E-state index contributed by atoms with van der Waals surface area (Å²) in [7, 11) is 3.29. The van der Waals surface area contributed by atoms with Gasteiger partial charge in [-0.2, -0.15) is 5.10 Å². The van der Waals surface area contributed by atoms with Crippen molar-refractivity contribution in [1.29, 1.82) is 0 Å². The van der Waals surface area contributed by atoms with Crippen LogP contribution in [0.2, 0.25) is 0 Å². The van der Waals surface area contributed by atoms with Gasteiger partial charge in [-0.25, -0.2) is 4.68 Å². The summed E-state index contributed by atoms with van der Waals surface area (Å²) >= 11 is 0. The average molecular weight is 246 g/mol. The topological polar surface area (TPSA) is 59.3 Å². The van der Waals surface area contributed by atoms with Crippen molar-refractivity contribution >= 4 is 17.2 Å². The maximum absolute atomic E-state index is 12.3. The molecular weight excluding hydrogens is 228 g/mol. The third-order valence-corrected chi connectivity index (χ3v) is 2.49. The van der Waals surface area contributed by atoms with Gasteiger partial charge in [0.25, 0.3) is 0 Å². The normalized spacial score (nSPS) is 12.4. The predicted molar refractivity (Wildman–Crippen MR) is 73.5 cm³/mol. The molecule has 5 nitrogen and oxygen atoms in total. The van der Waals surface area contributed by atoms with Gasteiger partial charge in [0.05, 0.1) is 17.6 Å². The fraction of sp³-hybridized carbons (Fsp3) is 0.308. The van der Waals surface area contributed by atoms with E-state index < -0.39 is 0 Å². The van der Waals surface area contributed by atoms with Gasteiger partial charge < -0.3 is 5.32 Å². The number of carbonyl (C=O) groups excluding carboxylic acids is 1. The number of nitrogens with one attached hydrogen (secondary N) is 1. The summed E-state index contributed by atoms with van der Waals surface area (Å²) in [5.74, 6) is -0.162. The van der Waals surface area contributed by atoms with Gasteiger partial charge >= 0.3 is 0 Å². The molecule has 1 heterocycles. The number of ketones is 1. The van der Waals surface area contributed by atoms with Crippen molar-refractivity contribution < 1.29 is 4.79 Å². The van der Waals surface area contributed by atoms with E-state index in [1.165, 1.54) is 0 Å². The summed E-state index contributed by atoms with van der Waals surface area (Å²) in [5.41, 5.74) is 2.24. The zero-order chi connectivity index (χ0) is 13.7. The average Bonchev–Trinajstić information content (AvgIpc) is 2.81. The lowest BCUT2D eigenvalue weighted by molar-refractivity contribution is -0.110. The van der Waals surface area contributed by atoms with E-state index in [1.54, 1.807) is 44.0 Å². The first kappa shape index (κ1) is 13.9. The molecule has 5 heteroatoms. The Morgan fingerprint density at radius 3 is 2.72 bits per heavy atom. The molecule has 0 unspecified atom stereocenters. The van der Waals surface area contributed by atoms with Crippen LogP contribution in [-0.2, 0) is 4.79 Å². The maximum Gasteiger partial charge on any atom is 0.228 e. The van der Waals surface area contributed by atoms with Crippen molar-refractivity contribution in [1.82, 2.24) is 15.1 Å². The summed E-state index contributed by atoms with van der Waals surface area (Å²) < 4.78 is 1.60. The first-order valence-electron chi connectivity index (χ1n) is 5.62. The predicted octanol–water partition coefficient (Wildman–Crippen LogP) is 1.48. The maximum atomic E-state index is 12.3. The highest BCUT2D eigenvalue weighted by molar-refractivity contribution is 6.50. The molecule has 1 aromatic rings. The van der Waals surface area contributed by atoms with Crippen LogP contribution in [0.4, 0.5) is 0 Å². The Morgan fingerprint density at radius 2 is 2.28 bits per heavy atom. The number of hydrogen-bond acceptors (Lipinski definition) is 4. The molecule has 0 aromatic carbocycles. The molecule has 0 aliphatic carbocycles. The van der Waals surface area contributed by atoms with Crippen LogP contribution in [0.3, 0.4) is 0 Å². The molecule has 1 aromatic heterocycles. The van der Waals surface area contributed by atoms with E-state index >= 15 is 0 Å². The van der Waals surface area contributed by atoms with E-state index in [4.69, 9.17) is 0 Å². The van der Waals surface area contributed by atoms with Crippen LogP contribution in [0, 0.1) is 0 Å². The number of likely N-dealkylation sites (N-methyl/N-ethyl adjacent to an activating group) is 1. The standard InChI is InChI=1S/C13H18N4O/c1-6-10(14-4)13(18)12(15-5)11-7-8-16-17(11)9(2)3/h6-8,14H,2H2,1,3-5H3/b10-6+,15-12?. The molecule has 0 saturated carbocycles. The molecule has 18 heavy (non-hydrogen) atoms. The van der Waals surface area contributed by atoms with Gasteiger partial charge in [0.1, 0.15) is 5.71 Å². The lowest BCUT2D eigenvalue weighted by Gasteiger charge is -2.10. The lowest BCUT2D eigenvalue weighted by Crippen LogP contribution is -2.26. The van der Waals surface area contributed by atoms with Crippen LogP contribution in [0.25, 0.3) is 5.70 Å². The van der Waals surface area contributed by atoms with Crippen molar-refractivity contribution in [2.75, 3.05) is 14.1 Å². The molecule has 1 rings (SSSR count). The van der Waals surface area contributed by atoms with Crippen LogP contribution >= 0.6 is 0 Å². The molecule has 1 N–H and O–H groups in total. The highest BCUT2D eigenvalue weighted by Crippen LogP contribution is 2.10. The number of aromatic nitrogens is 2. The number of Topliss-reactive ketones (excluding diaryl/α,β-unsaturated/α-hetero) is 1. The highest BCUT2D eigenvalue weighted by atomic mass is 16.1. The van der Waals surface area contributed by atoms with E-state index in [0.717, 1.165) is 5.70 Å². The lowest BCUT2D eigenvalue weighted by atomic mass is 10.1. The fourth-order valence-corrected chi connectivity index (χ4v) is 1.64.